The summed E-state index contributed by atoms with van der Waals surface area (Å²) in [5.41, 5.74) is 3.49. The van der Waals surface area contributed by atoms with Crippen molar-refractivity contribution in [2.75, 3.05) is 6.61 Å². The van der Waals surface area contributed by atoms with Crippen LogP contribution in [-0.2, 0) is 6.42 Å². The number of hydrogen-bond donors (Lipinski definition) is 0. The SMILES string of the molecule is CCC/C=C/COc1ccc(-c2ccc(-c3nnc(CCC)s3)cc2)cc1. The van der Waals surface area contributed by atoms with Crippen molar-refractivity contribution in [2.45, 2.75) is 39.5 Å². The van der Waals surface area contributed by atoms with Gasteiger partial charge in [-0.25, -0.2) is 0 Å². The molecule has 1 aromatic heterocycles. The van der Waals surface area contributed by atoms with Crippen LogP contribution in [-0.4, -0.2) is 16.8 Å². The first kappa shape index (κ1) is 19.3. The number of benzene rings is 2. The number of rotatable bonds is 9. The Morgan fingerprint density at radius 2 is 1.48 bits per heavy atom. The molecule has 27 heavy (non-hydrogen) atoms. The van der Waals surface area contributed by atoms with Crippen LogP contribution in [0.25, 0.3) is 21.7 Å². The predicted molar refractivity (Wildman–Crippen MR) is 114 cm³/mol. The average molecular weight is 379 g/mol. The van der Waals surface area contributed by atoms with Gasteiger partial charge < -0.3 is 4.74 Å². The predicted octanol–water partition coefficient (Wildman–Crippen LogP) is 6.56. The van der Waals surface area contributed by atoms with Gasteiger partial charge in [0.2, 0.25) is 0 Å². The molecule has 0 amide bonds. The molecule has 0 bridgehead atoms. The van der Waals surface area contributed by atoms with E-state index in [0.717, 1.165) is 40.6 Å². The summed E-state index contributed by atoms with van der Waals surface area (Å²) in [5, 5.41) is 10.7. The summed E-state index contributed by atoms with van der Waals surface area (Å²) in [4.78, 5) is 0. The quantitative estimate of drug-likeness (QED) is 0.395. The highest BCUT2D eigenvalue weighted by molar-refractivity contribution is 7.14. The molecule has 0 spiro atoms. The Morgan fingerprint density at radius 1 is 0.815 bits per heavy atom. The molecule has 0 radical (unpaired) electrons. The van der Waals surface area contributed by atoms with Crippen LogP contribution in [0.2, 0.25) is 0 Å². The number of aromatic nitrogens is 2. The fourth-order valence-electron chi connectivity index (χ4n) is 2.73. The van der Waals surface area contributed by atoms with E-state index in [1.165, 1.54) is 17.5 Å². The molecule has 0 fully saturated rings. The van der Waals surface area contributed by atoms with Crippen molar-refractivity contribution in [1.82, 2.24) is 10.2 Å². The van der Waals surface area contributed by atoms with Crippen molar-refractivity contribution in [3.63, 3.8) is 0 Å². The second-order valence-corrected chi connectivity index (χ2v) is 7.49. The Hall–Kier alpha value is -2.46. The standard InChI is InChI=1S/C23H26N2OS/c1-3-5-6-7-17-26-21-15-13-19(14-16-21)18-9-11-20(12-10-18)23-25-24-22(27-23)8-4-2/h6-7,9-16H,3-5,8,17H2,1-2H3/b7-6+. The molecule has 4 heteroatoms. The number of hydrogen-bond acceptors (Lipinski definition) is 4. The minimum absolute atomic E-state index is 0.621. The molecule has 0 saturated carbocycles. The van der Waals surface area contributed by atoms with Crippen molar-refractivity contribution >= 4 is 11.3 Å². The van der Waals surface area contributed by atoms with Crippen molar-refractivity contribution in [1.29, 1.82) is 0 Å². The van der Waals surface area contributed by atoms with Gasteiger partial charge in [-0.1, -0.05) is 80.2 Å². The van der Waals surface area contributed by atoms with E-state index < -0.39 is 0 Å². The fourth-order valence-corrected chi connectivity index (χ4v) is 3.68. The smallest absolute Gasteiger partial charge is 0.147 e. The molecule has 3 aromatic rings. The van der Waals surface area contributed by atoms with Crippen molar-refractivity contribution in [3.05, 3.63) is 65.7 Å². The summed E-state index contributed by atoms with van der Waals surface area (Å²) in [7, 11) is 0. The second kappa shape index (κ2) is 10.0. The lowest BCUT2D eigenvalue weighted by atomic mass is 10.0. The molecule has 0 unspecified atom stereocenters. The van der Waals surface area contributed by atoms with Crippen LogP contribution < -0.4 is 4.74 Å². The monoisotopic (exact) mass is 378 g/mol. The Morgan fingerprint density at radius 3 is 2.15 bits per heavy atom. The maximum atomic E-state index is 5.74. The number of aryl methyl sites for hydroxylation is 1. The van der Waals surface area contributed by atoms with E-state index in [1.807, 2.05) is 12.1 Å². The van der Waals surface area contributed by atoms with Crippen LogP contribution in [0.15, 0.2) is 60.7 Å². The zero-order chi connectivity index (χ0) is 18.9. The summed E-state index contributed by atoms with van der Waals surface area (Å²) < 4.78 is 5.74. The van der Waals surface area contributed by atoms with Gasteiger partial charge in [-0.05, 0) is 36.1 Å². The molecule has 0 aliphatic carbocycles. The molecule has 0 aliphatic rings. The van der Waals surface area contributed by atoms with E-state index in [2.05, 4.69) is 72.6 Å². The number of allylic oxidation sites excluding steroid dienone is 1. The molecule has 1 heterocycles. The molecule has 0 saturated heterocycles. The second-order valence-electron chi connectivity index (χ2n) is 6.42. The maximum absolute atomic E-state index is 5.74. The average Bonchev–Trinajstić information content (AvgIpc) is 3.17. The van der Waals surface area contributed by atoms with E-state index in [4.69, 9.17) is 4.74 Å². The number of unbranched alkanes of at least 4 members (excludes halogenated alkanes) is 1. The van der Waals surface area contributed by atoms with Gasteiger partial charge in [-0.15, -0.1) is 10.2 Å². The highest BCUT2D eigenvalue weighted by Gasteiger charge is 2.07. The highest BCUT2D eigenvalue weighted by atomic mass is 32.1. The topological polar surface area (TPSA) is 35.0 Å². The van der Waals surface area contributed by atoms with E-state index in [1.54, 1.807) is 11.3 Å². The molecule has 2 aromatic carbocycles. The Labute approximate surface area is 165 Å². The van der Waals surface area contributed by atoms with E-state index in [-0.39, 0.29) is 0 Å². The lowest BCUT2D eigenvalue weighted by molar-refractivity contribution is 0.362. The molecule has 140 valence electrons. The highest BCUT2D eigenvalue weighted by Crippen LogP contribution is 2.28. The summed E-state index contributed by atoms with van der Waals surface area (Å²) in [5.74, 6) is 0.897. The molecular weight excluding hydrogens is 352 g/mol. The largest absolute Gasteiger partial charge is 0.490 e. The van der Waals surface area contributed by atoms with Crippen molar-refractivity contribution in [2.24, 2.45) is 0 Å². The molecule has 0 aliphatic heterocycles. The Balaban J connectivity index is 1.62. The van der Waals surface area contributed by atoms with Gasteiger partial charge in [0.25, 0.3) is 0 Å². The van der Waals surface area contributed by atoms with Crippen LogP contribution in [0.3, 0.4) is 0 Å². The third-order valence-corrected chi connectivity index (χ3v) is 5.25. The minimum atomic E-state index is 0.621. The number of ether oxygens (including phenoxy) is 1. The summed E-state index contributed by atoms with van der Waals surface area (Å²) in [6.07, 6.45) is 8.62. The normalized spacial score (nSPS) is 11.2. The molecular formula is C23H26N2OS. The van der Waals surface area contributed by atoms with Crippen LogP contribution in [0, 0.1) is 0 Å². The Bertz CT molecular complexity index is 851. The first-order valence-electron chi connectivity index (χ1n) is 9.61. The van der Waals surface area contributed by atoms with Gasteiger partial charge in [-0.2, -0.15) is 0 Å². The first-order chi connectivity index (χ1) is 13.3. The fraction of sp³-hybridized carbons (Fsp3) is 0.304. The van der Waals surface area contributed by atoms with Gasteiger partial charge in [0, 0.05) is 12.0 Å². The number of nitrogens with zero attached hydrogens (tertiary/aromatic N) is 2. The van der Waals surface area contributed by atoms with Crippen LogP contribution >= 0.6 is 11.3 Å². The van der Waals surface area contributed by atoms with Gasteiger partial charge in [0.15, 0.2) is 0 Å². The zero-order valence-corrected chi connectivity index (χ0v) is 16.8. The summed E-state index contributed by atoms with van der Waals surface area (Å²) in [6.45, 7) is 4.96. The summed E-state index contributed by atoms with van der Waals surface area (Å²) in [6, 6.07) is 16.8. The van der Waals surface area contributed by atoms with Crippen molar-refractivity contribution in [3.8, 4) is 27.4 Å². The lowest BCUT2D eigenvalue weighted by Gasteiger charge is -2.06. The van der Waals surface area contributed by atoms with Gasteiger partial charge in [0.1, 0.15) is 22.4 Å². The third kappa shape index (κ3) is 5.51. The van der Waals surface area contributed by atoms with Crippen molar-refractivity contribution < 1.29 is 4.74 Å². The third-order valence-electron chi connectivity index (χ3n) is 4.22. The lowest BCUT2D eigenvalue weighted by Crippen LogP contribution is -1.93. The van der Waals surface area contributed by atoms with Crippen LogP contribution in [0.4, 0.5) is 0 Å². The van der Waals surface area contributed by atoms with Crippen LogP contribution in [0.1, 0.15) is 38.1 Å². The molecule has 3 nitrogen and oxygen atoms in total. The Kier molecular flexibility index (Phi) is 7.17. The molecule has 0 N–H and O–H groups in total. The molecule has 0 atom stereocenters. The first-order valence-corrected chi connectivity index (χ1v) is 10.4. The van der Waals surface area contributed by atoms with E-state index >= 15 is 0 Å². The van der Waals surface area contributed by atoms with E-state index in [0.29, 0.717) is 6.61 Å². The summed E-state index contributed by atoms with van der Waals surface area (Å²) >= 11 is 1.68. The van der Waals surface area contributed by atoms with Gasteiger partial charge >= 0.3 is 0 Å². The van der Waals surface area contributed by atoms with Gasteiger partial charge in [-0.3, -0.25) is 0 Å². The van der Waals surface area contributed by atoms with Crippen LogP contribution in [0.5, 0.6) is 5.75 Å². The minimum Gasteiger partial charge on any atom is -0.490 e. The van der Waals surface area contributed by atoms with E-state index in [9.17, 15) is 0 Å². The molecule has 3 rings (SSSR count). The van der Waals surface area contributed by atoms with Gasteiger partial charge in [0.05, 0.1) is 0 Å². The zero-order valence-electron chi connectivity index (χ0n) is 16.0. The maximum Gasteiger partial charge on any atom is 0.147 e.